The molecule has 0 N–H and O–H groups in total. The van der Waals surface area contributed by atoms with Crippen molar-refractivity contribution in [1.82, 2.24) is 4.98 Å². The third kappa shape index (κ3) is 3.87. The van der Waals surface area contributed by atoms with E-state index in [0.29, 0.717) is 0 Å². The van der Waals surface area contributed by atoms with Crippen LogP contribution in [0.25, 0.3) is 86.5 Å². The van der Waals surface area contributed by atoms with Gasteiger partial charge in [-0.1, -0.05) is 147 Å². The van der Waals surface area contributed by atoms with Gasteiger partial charge in [0.05, 0.1) is 10.2 Å². The number of hydrogen-bond donors (Lipinski definition) is 0. The van der Waals surface area contributed by atoms with Gasteiger partial charge in [-0.25, -0.2) is 4.98 Å². The minimum absolute atomic E-state index is 0.0960. The van der Waals surface area contributed by atoms with Gasteiger partial charge in [-0.15, -0.1) is 11.3 Å². The summed E-state index contributed by atoms with van der Waals surface area (Å²) >= 11 is 1.75. The van der Waals surface area contributed by atoms with Crippen LogP contribution in [-0.2, 0) is 5.41 Å². The van der Waals surface area contributed by atoms with E-state index in [9.17, 15) is 0 Å². The minimum Gasteiger partial charge on any atom is -0.236 e. The molecule has 226 valence electrons. The van der Waals surface area contributed by atoms with E-state index >= 15 is 0 Å². The molecule has 1 aromatic heterocycles. The number of rotatable bonds is 3. The molecule has 0 fully saturated rings. The lowest BCUT2D eigenvalue weighted by molar-refractivity contribution is 0.661. The van der Waals surface area contributed by atoms with E-state index in [2.05, 4.69) is 166 Å². The second kappa shape index (κ2) is 10.2. The van der Waals surface area contributed by atoms with E-state index in [1.54, 1.807) is 11.3 Å². The molecule has 0 radical (unpaired) electrons. The number of benzene rings is 8. The number of nitrogens with zero attached hydrogens (tertiary/aromatic N) is 1. The number of hydrogen-bond acceptors (Lipinski definition) is 2. The molecule has 0 unspecified atom stereocenters. The number of thiazole rings is 1. The first-order valence-electron chi connectivity index (χ1n) is 16.6. The van der Waals surface area contributed by atoms with Crippen molar-refractivity contribution in [2.24, 2.45) is 0 Å². The van der Waals surface area contributed by atoms with Crippen molar-refractivity contribution >= 4 is 53.9 Å². The van der Waals surface area contributed by atoms with E-state index in [1.165, 1.54) is 81.5 Å². The van der Waals surface area contributed by atoms with Crippen LogP contribution in [0.5, 0.6) is 0 Å². The zero-order valence-electron chi connectivity index (χ0n) is 26.8. The van der Waals surface area contributed by atoms with Crippen LogP contribution in [0.4, 0.5) is 0 Å². The van der Waals surface area contributed by atoms with E-state index in [1.807, 2.05) is 0 Å². The maximum Gasteiger partial charge on any atom is 0.124 e. The summed E-state index contributed by atoms with van der Waals surface area (Å²) in [6, 6.07) is 55.9. The summed E-state index contributed by atoms with van der Waals surface area (Å²) in [7, 11) is 0. The van der Waals surface area contributed by atoms with Crippen molar-refractivity contribution in [3.8, 4) is 44.0 Å². The molecule has 1 aliphatic carbocycles. The lowest BCUT2D eigenvalue weighted by atomic mass is 9.79. The van der Waals surface area contributed by atoms with E-state index in [4.69, 9.17) is 4.98 Å². The Morgan fingerprint density at radius 2 is 0.958 bits per heavy atom. The first-order valence-corrected chi connectivity index (χ1v) is 17.5. The molecular weight excluding hydrogens is 599 g/mol. The molecule has 8 aromatic carbocycles. The van der Waals surface area contributed by atoms with Gasteiger partial charge >= 0.3 is 0 Å². The molecule has 0 saturated heterocycles. The van der Waals surface area contributed by atoms with Crippen LogP contribution < -0.4 is 0 Å². The predicted molar refractivity (Wildman–Crippen MR) is 206 cm³/mol. The number of fused-ring (bicyclic) bond motifs is 8. The predicted octanol–water partition coefficient (Wildman–Crippen LogP) is 13.1. The third-order valence-corrected chi connectivity index (χ3v) is 11.6. The highest BCUT2D eigenvalue weighted by atomic mass is 32.1. The summed E-state index contributed by atoms with van der Waals surface area (Å²) in [5, 5.41) is 8.77. The van der Waals surface area contributed by atoms with Gasteiger partial charge in [0.25, 0.3) is 0 Å². The summed E-state index contributed by atoms with van der Waals surface area (Å²) in [6.45, 7) is 4.76. The van der Waals surface area contributed by atoms with Crippen molar-refractivity contribution < 1.29 is 0 Å². The molecule has 0 amide bonds. The average molecular weight is 630 g/mol. The van der Waals surface area contributed by atoms with Gasteiger partial charge < -0.3 is 0 Å². The fourth-order valence-electron chi connectivity index (χ4n) is 8.26. The lowest BCUT2D eigenvalue weighted by Crippen LogP contribution is -2.15. The normalized spacial score (nSPS) is 13.4. The first kappa shape index (κ1) is 27.5. The second-order valence-electron chi connectivity index (χ2n) is 13.5. The van der Waals surface area contributed by atoms with Gasteiger partial charge in [0.2, 0.25) is 0 Å². The molecule has 1 nitrogen and oxygen atoms in total. The highest BCUT2D eigenvalue weighted by Crippen LogP contribution is 2.54. The van der Waals surface area contributed by atoms with Gasteiger partial charge in [0, 0.05) is 11.0 Å². The summed E-state index contributed by atoms with van der Waals surface area (Å²) < 4.78 is 1.22. The monoisotopic (exact) mass is 629 g/mol. The highest BCUT2D eigenvalue weighted by Gasteiger charge is 2.37. The first-order chi connectivity index (χ1) is 23.6. The summed E-state index contributed by atoms with van der Waals surface area (Å²) in [6.07, 6.45) is 0. The largest absolute Gasteiger partial charge is 0.236 e. The molecule has 1 heterocycles. The molecule has 10 rings (SSSR count). The Morgan fingerprint density at radius 3 is 1.62 bits per heavy atom. The Bertz CT molecular complexity index is 2660. The van der Waals surface area contributed by atoms with Gasteiger partial charge in [0.1, 0.15) is 5.01 Å². The van der Waals surface area contributed by atoms with Crippen LogP contribution in [0.1, 0.15) is 25.0 Å². The van der Waals surface area contributed by atoms with Gasteiger partial charge in [-0.3, -0.25) is 0 Å². The summed E-state index contributed by atoms with van der Waals surface area (Å²) in [5.41, 5.74) is 12.8. The third-order valence-electron chi connectivity index (χ3n) is 10.5. The lowest BCUT2D eigenvalue weighted by Gasteiger charge is -2.24. The Balaban J connectivity index is 1.24. The Labute approximate surface area is 283 Å². The molecule has 0 atom stereocenters. The number of para-hydroxylation sites is 1. The maximum absolute atomic E-state index is 4.92. The van der Waals surface area contributed by atoms with Crippen LogP contribution in [0.3, 0.4) is 0 Å². The van der Waals surface area contributed by atoms with Gasteiger partial charge in [0.15, 0.2) is 0 Å². The van der Waals surface area contributed by atoms with Crippen molar-refractivity contribution in [3.63, 3.8) is 0 Å². The molecule has 0 bridgehead atoms. The fourth-order valence-corrected chi connectivity index (χ4v) is 9.23. The zero-order chi connectivity index (χ0) is 32.0. The van der Waals surface area contributed by atoms with Crippen molar-refractivity contribution in [3.05, 3.63) is 163 Å². The van der Waals surface area contributed by atoms with E-state index < -0.39 is 0 Å². The quantitative estimate of drug-likeness (QED) is 0.177. The minimum atomic E-state index is -0.0960. The van der Waals surface area contributed by atoms with E-state index in [-0.39, 0.29) is 5.41 Å². The Hall–Kier alpha value is -5.57. The second-order valence-corrected chi connectivity index (χ2v) is 14.5. The Morgan fingerprint density at radius 1 is 0.438 bits per heavy atom. The van der Waals surface area contributed by atoms with Crippen molar-refractivity contribution in [2.75, 3.05) is 0 Å². The number of aromatic nitrogens is 1. The van der Waals surface area contributed by atoms with Crippen molar-refractivity contribution in [1.29, 1.82) is 0 Å². The fraction of sp³-hybridized carbons (Fsp3) is 0.0652. The summed E-state index contributed by atoms with van der Waals surface area (Å²) in [4.78, 5) is 4.92. The van der Waals surface area contributed by atoms with Gasteiger partial charge in [-0.2, -0.15) is 0 Å². The van der Waals surface area contributed by atoms with Crippen LogP contribution in [-0.4, -0.2) is 4.98 Å². The zero-order valence-corrected chi connectivity index (χ0v) is 27.6. The smallest absolute Gasteiger partial charge is 0.124 e. The maximum atomic E-state index is 4.92. The molecular formula is C46H31NS. The molecule has 2 heteroatoms. The topological polar surface area (TPSA) is 12.9 Å². The highest BCUT2D eigenvalue weighted by molar-refractivity contribution is 7.21. The molecule has 1 aliphatic rings. The van der Waals surface area contributed by atoms with Gasteiger partial charge in [-0.05, 0) is 95.0 Å². The molecule has 0 aliphatic heterocycles. The average Bonchev–Trinajstić information content (AvgIpc) is 3.67. The molecule has 0 spiro atoms. The SMILES string of the molecule is CC1(C)c2ccccc2-c2c1cc(-c1c3ccccc3c(-c3ccc(-c4nc5ccccc5s4)cc3)c3ccccc13)c1ccccc21. The molecule has 9 aromatic rings. The summed E-state index contributed by atoms with van der Waals surface area (Å²) in [5.74, 6) is 0. The standard InChI is InChI=1S/C46H31NS/c1-46(2)38-20-10-9-19-36(38)44-31-14-4-3-13-30(31)37(27-39(44)46)43-34-17-7-5-15-32(34)42(33-16-6-8-18-35(33)43)28-23-25-29(26-24-28)45-47-40-21-11-12-22-41(40)48-45/h3-27H,1-2H3. The van der Waals surface area contributed by atoms with E-state index in [0.717, 1.165) is 16.1 Å². The van der Waals surface area contributed by atoms with Crippen LogP contribution in [0.15, 0.2) is 152 Å². The molecule has 0 saturated carbocycles. The van der Waals surface area contributed by atoms with Crippen LogP contribution >= 0.6 is 11.3 Å². The van der Waals surface area contributed by atoms with Crippen LogP contribution in [0, 0.1) is 0 Å². The van der Waals surface area contributed by atoms with Crippen LogP contribution in [0.2, 0.25) is 0 Å². The van der Waals surface area contributed by atoms with Crippen molar-refractivity contribution in [2.45, 2.75) is 19.3 Å². The molecule has 48 heavy (non-hydrogen) atoms. The Kier molecular flexibility index (Phi) is 5.86.